The Morgan fingerprint density at radius 3 is 2.29 bits per heavy atom. The van der Waals surface area contributed by atoms with Crippen molar-refractivity contribution in [3.8, 4) is 0 Å². The largest absolute Gasteiger partial charge is 0.386 e. The summed E-state index contributed by atoms with van der Waals surface area (Å²) in [6, 6.07) is 0. The Bertz CT molecular complexity index is 282. The molecule has 0 saturated heterocycles. The maximum Gasteiger partial charge on any atom is 0.0825 e. The van der Waals surface area contributed by atoms with Gasteiger partial charge in [-0.2, -0.15) is 0 Å². The van der Waals surface area contributed by atoms with Crippen LogP contribution in [0.4, 0.5) is 0 Å². The molecule has 0 bridgehead atoms. The van der Waals surface area contributed by atoms with Gasteiger partial charge in [0, 0.05) is 0 Å². The standard InChI is InChI=1S/C16H28O/c1-6-16(17,7-2)13-9-12-15(5)11-8-10-14(3)4/h6,10,12,17H,1,7-9,11,13H2,2-5H3. The maximum absolute atomic E-state index is 10.0. The predicted molar refractivity (Wildman–Crippen MR) is 77.1 cm³/mol. The highest BCUT2D eigenvalue weighted by Crippen LogP contribution is 2.19. The molecule has 17 heavy (non-hydrogen) atoms. The van der Waals surface area contributed by atoms with Crippen LogP contribution in [0, 0.1) is 0 Å². The molecule has 0 heterocycles. The number of hydrogen-bond donors (Lipinski definition) is 1. The van der Waals surface area contributed by atoms with E-state index in [2.05, 4.69) is 39.5 Å². The molecule has 98 valence electrons. The lowest BCUT2D eigenvalue weighted by molar-refractivity contribution is 0.0788. The molecule has 1 atom stereocenters. The van der Waals surface area contributed by atoms with Gasteiger partial charge in [0.25, 0.3) is 0 Å². The average molecular weight is 236 g/mol. The van der Waals surface area contributed by atoms with Gasteiger partial charge in [-0.15, -0.1) is 6.58 Å². The lowest BCUT2D eigenvalue weighted by atomic mass is 9.94. The first-order chi connectivity index (χ1) is 7.93. The minimum atomic E-state index is -0.684. The van der Waals surface area contributed by atoms with Crippen molar-refractivity contribution < 1.29 is 5.11 Å². The minimum Gasteiger partial charge on any atom is -0.386 e. The van der Waals surface area contributed by atoms with E-state index in [9.17, 15) is 5.11 Å². The zero-order chi connectivity index (χ0) is 13.3. The Kier molecular flexibility index (Phi) is 7.90. The summed E-state index contributed by atoms with van der Waals surface area (Å²) < 4.78 is 0. The minimum absolute atomic E-state index is 0.684. The van der Waals surface area contributed by atoms with Gasteiger partial charge < -0.3 is 5.11 Å². The van der Waals surface area contributed by atoms with E-state index in [0.717, 1.165) is 32.1 Å². The van der Waals surface area contributed by atoms with Gasteiger partial charge in [0.05, 0.1) is 5.60 Å². The first-order valence-electron chi connectivity index (χ1n) is 6.58. The highest BCUT2D eigenvalue weighted by atomic mass is 16.3. The van der Waals surface area contributed by atoms with Gasteiger partial charge in [0.2, 0.25) is 0 Å². The van der Waals surface area contributed by atoms with Crippen LogP contribution in [0.2, 0.25) is 0 Å². The molecule has 0 aromatic rings. The molecule has 0 radical (unpaired) electrons. The van der Waals surface area contributed by atoms with Gasteiger partial charge in [-0.1, -0.05) is 36.3 Å². The summed E-state index contributed by atoms with van der Waals surface area (Å²) >= 11 is 0. The van der Waals surface area contributed by atoms with E-state index in [0.29, 0.717) is 0 Å². The Balaban J connectivity index is 3.99. The SMILES string of the molecule is C=CC(O)(CC)CCC=C(C)CCC=C(C)C. The van der Waals surface area contributed by atoms with Crippen LogP contribution in [0.3, 0.4) is 0 Å². The van der Waals surface area contributed by atoms with E-state index < -0.39 is 5.60 Å². The van der Waals surface area contributed by atoms with Crippen molar-refractivity contribution in [3.63, 3.8) is 0 Å². The molecule has 0 aromatic heterocycles. The van der Waals surface area contributed by atoms with Crippen LogP contribution >= 0.6 is 0 Å². The molecule has 0 aromatic carbocycles. The molecule has 0 amide bonds. The summed E-state index contributed by atoms with van der Waals surface area (Å²) in [5.41, 5.74) is 2.10. The fourth-order valence-corrected chi connectivity index (χ4v) is 1.68. The van der Waals surface area contributed by atoms with E-state index in [1.165, 1.54) is 11.1 Å². The molecule has 0 aliphatic carbocycles. The lowest BCUT2D eigenvalue weighted by Crippen LogP contribution is -2.23. The molecule has 0 fully saturated rings. The van der Waals surface area contributed by atoms with Crippen molar-refractivity contribution in [3.05, 3.63) is 36.0 Å². The normalized spacial score (nSPS) is 15.2. The number of hydrogen-bond acceptors (Lipinski definition) is 1. The van der Waals surface area contributed by atoms with Crippen LogP contribution in [0.25, 0.3) is 0 Å². The molecule has 0 spiro atoms. The van der Waals surface area contributed by atoms with Crippen molar-refractivity contribution >= 4 is 0 Å². The molecule has 1 nitrogen and oxygen atoms in total. The van der Waals surface area contributed by atoms with Crippen molar-refractivity contribution in [1.29, 1.82) is 0 Å². The third kappa shape index (κ3) is 7.98. The van der Waals surface area contributed by atoms with Gasteiger partial charge in [0.15, 0.2) is 0 Å². The summed E-state index contributed by atoms with van der Waals surface area (Å²) in [6.07, 6.45) is 10.8. The monoisotopic (exact) mass is 236 g/mol. The van der Waals surface area contributed by atoms with Gasteiger partial charge in [-0.25, -0.2) is 0 Å². The summed E-state index contributed by atoms with van der Waals surface area (Å²) in [5.74, 6) is 0. The molecular formula is C16H28O. The average Bonchev–Trinajstić information content (AvgIpc) is 2.28. The highest BCUT2D eigenvalue weighted by molar-refractivity contribution is 5.04. The summed E-state index contributed by atoms with van der Waals surface area (Å²) in [7, 11) is 0. The molecule has 1 unspecified atom stereocenters. The summed E-state index contributed by atoms with van der Waals surface area (Å²) in [6.45, 7) is 12.1. The van der Waals surface area contributed by atoms with Crippen LogP contribution in [0.15, 0.2) is 36.0 Å². The van der Waals surface area contributed by atoms with Crippen molar-refractivity contribution in [2.24, 2.45) is 0 Å². The van der Waals surface area contributed by atoms with E-state index >= 15 is 0 Å². The lowest BCUT2D eigenvalue weighted by Gasteiger charge is -2.21. The van der Waals surface area contributed by atoms with Gasteiger partial charge in [-0.3, -0.25) is 0 Å². The third-order valence-corrected chi connectivity index (χ3v) is 3.15. The van der Waals surface area contributed by atoms with E-state index in [4.69, 9.17) is 0 Å². The Morgan fingerprint density at radius 1 is 1.18 bits per heavy atom. The Labute approximate surface area is 107 Å². The molecule has 1 heteroatoms. The molecule has 0 aliphatic heterocycles. The number of aliphatic hydroxyl groups is 1. The predicted octanol–water partition coefficient (Wildman–Crippen LogP) is 4.79. The van der Waals surface area contributed by atoms with Crippen molar-refractivity contribution in [1.82, 2.24) is 0 Å². The summed E-state index contributed by atoms with van der Waals surface area (Å²) in [5, 5.41) is 10.0. The van der Waals surface area contributed by atoms with Crippen LogP contribution in [0.5, 0.6) is 0 Å². The fraction of sp³-hybridized carbons (Fsp3) is 0.625. The fourth-order valence-electron chi connectivity index (χ4n) is 1.68. The van der Waals surface area contributed by atoms with Crippen LogP contribution in [-0.4, -0.2) is 10.7 Å². The zero-order valence-corrected chi connectivity index (χ0v) is 11.9. The van der Waals surface area contributed by atoms with E-state index in [1.807, 2.05) is 6.92 Å². The second-order valence-corrected chi connectivity index (χ2v) is 5.07. The van der Waals surface area contributed by atoms with Crippen molar-refractivity contribution in [2.45, 2.75) is 65.4 Å². The third-order valence-electron chi connectivity index (χ3n) is 3.15. The topological polar surface area (TPSA) is 20.2 Å². The van der Waals surface area contributed by atoms with Crippen LogP contribution in [-0.2, 0) is 0 Å². The first-order valence-corrected chi connectivity index (χ1v) is 6.58. The zero-order valence-electron chi connectivity index (χ0n) is 11.9. The summed E-state index contributed by atoms with van der Waals surface area (Å²) in [4.78, 5) is 0. The first kappa shape index (κ1) is 16.2. The number of rotatable bonds is 8. The second kappa shape index (κ2) is 8.30. The number of allylic oxidation sites excluding steroid dienone is 4. The Hall–Kier alpha value is -0.820. The molecule has 0 saturated carbocycles. The Morgan fingerprint density at radius 2 is 1.82 bits per heavy atom. The highest BCUT2D eigenvalue weighted by Gasteiger charge is 2.18. The molecular weight excluding hydrogens is 208 g/mol. The second-order valence-electron chi connectivity index (χ2n) is 5.07. The van der Waals surface area contributed by atoms with Gasteiger partial charge in [0.1, 0.15) is 0 Å². The van der Waals surface area contributed by atoms with Crippen LogP contribution < -0.4 is 0 Å². The maximum atomic E-state index is 10.0. The molecule has 0 aliphatic rings. The van der Waals surface area contributed by atoms with Crippen molar-refractivity contribution in [2.75, 3.05) is 0 Å². The smallest absolute Gasteiger partial charge is 0.0825 e. The van der Waals surface area contributed by atoms with Crippen LogP contribution in [0.1, 0.15) is 59.8 Å². The molecule has 1 N–H and O–H groups in total. The van der Waals surface area contributed by atoms with E-state index in [1.54, 1.807) is 6.08 Å². The molecule has 0 rings (SSSR count). The quantitative estimate of drug-likeness (QED) is 0.601. The van der Waals surface area contributed by atoms with E-state index in [-0.39, 0.29) is 0 Å². The van der Waals surface area contributed by atoms with Gasteiger partial charge >= 0.3 is 0 Å². The van der Waals surface area contributed by atoms with Gasteiger partial charge in [-0.05, 0) is 52.9 Å².